The molecule has 0 aliphatic carbocycles. The first-order chi connectivity index (χ1) is 5.70. The van der Waals surface area contributed by atoms with Gasteiger partial charge in [0, 0.05) is 14.2 Å². The lowest BCUT2D eigenvalue weighted by Crippen LogP contribution is -1.76. The van der Waals surface area contributed by atoms with Crippen LogP contribution in [0.25, 0.3) is 10.1 Å². The van der Waals surface area contributed by atoms with Gasteiger partial charge in [-0.2, -0.15) is 0 Å². The molecule has 0 bridgehead atoms. The molecule has 0 amide bonds. The lowest BCUT2D eigenvalue weighted by Gasteiger charge is -2.01. The molecule has 2 aromatic rings. The van der Waals surface area contributed by atoms with Crippen molar-refractivity contribution in [1.82, 2.24) is 0 Å². The molecule has 0 spiro atoms. The lowest BCUT2D eigenvalue weighted by atomic mass is 10.1. The Morgan fingerprint density at radius 2 is 2.25 bits per heavy atom. The summed E-state index contributed by atoms with van der Waals surface area (Å²) in [6.45, 7) is 2.05. The molecule has 0 aliphatic heterocycles. The number of thiophene rings is 1. The molecule has 62 valence electrons. The zero-order valence-electron chi connectivity index (χ0n) is 6.40. The second-order valence-electron chi connectivity index (χ2n) is 2.63. The molecule has 0 fully saturated rings. The van der Waals surface area contributed by atoms with Crippen molar-refractivity contribution in [1.29, 1.82) is 0 Å². The van der Waals surface area contributed by atoms with Gasteiger partial charge in [0.2, 0.25) is 0 Å². The average molecular weight is 262 g/mol. The summed E-state index contributed by atoms with van der Waals surface area (Å²) in [6, 6.07) is 4.06. The van der Waals surface area contributed by atoms with Crippen molar-refractivity contribution in [2.24, 2.45) is 0 Å². The fourth-order valence-electron chi connectivity index (χ4n) is 1.20. The number of aryl methyl sites for hydroxylation is 1. The van der Waals surface area contributed by atoms with Crippen molar-refractivity contribution in [2.45, 2.75) is 6.92 Å². The largest absolute Gasteiger partial charge is 0.143 e. The Kier molecular flexibility index (Phi) is 2.15. The van der Waals surface area contributed by atoms with Gasteiger partial charge < -0.3 is 0 Å². The van der Waals surface area contributed by atoms with Crippen molar-refractivity contribution < 1.29 is 0 Å². The number of rotatable bonds is 0. The molecular weight excluding hydrogens is 256 g/mol. The molecule has 0 unspecified atom stereocenters. The maximum atomic E-state index is 6.02. The first-order valence-electron chi connectivity index (χ1n) is 3.52. The molecule has 1 aromatic carbocycles. The number of benzene rings is 1. The van der Waals surface area contributed by atoms with E-state index in [1.165, 1.54) is 10.1 Å². The molecule has 0 saturated heterocycles. The minimum absolute atomic E-state index is 0.827. The van der Waals surface area contributed by atoms with Crippen LogP contribution in [0.4, 0.5) is 0 Å². The van der Waals surface area contributed by atoms with Gasteiger partial charge in [-0.15, -0.1) is 11.3 Å². The predicted octanol–water partition coefficient (Wildman–Crippen LogP) is 4.63. The average Bonchev–Trinajstić information content (AvgIpc) is 2.48. The van der Waals surface area contributed by atoms with Crippen molar-refractivity contribution in [3.05, 3.63) is 32.6 Å². The monoisotopic (exact) mass is 260 g/mol. The van der Waals surface area contributed by atoms with Gasteiger partial charge in [0.25, 0.3) is 0 Å². The molecule has 1 heterocycles. The standard InChI is InChI=1S/C9H6BrClS/c1-5-6-2-3-12-9(6)7(10)4-8(5)11/h2-4H,1H3. The Hall–Kier alpha value is -0.0500. The van der Waals surface area contributed by atoms with Crippen LogP contribution in [-0.2, 0) is 0 Å². The van der Waals surface area contributed by atoms with Crippen LogP contribution < -0.4 is 0 Å². The predicted molar refractivity (Wildman–Crippen MR) is 59.3 cm³/mol. The van der Waals surface area contributed by atoms with E-state index in [0.717, 1.165) is 15.1 Å². The van der Waals surface area contributed by atoms with Crippen LogP contribution in [0.2, 0.25) is 5.02 Å². The Morgan fingerprint density at radius 1 is 1.50 bits per heavy atom. The van der Waals surface area contributed by atoms with Gasteiger partial charge in [0.05, 0.1) is 0 Å². The number of fused-ring (bicyclic) bond motifs is 1. The minimum atomic E-state index is 0.827. The SMILES string of the molecule is Cc1c(Cl)cc(Br)c2sccc12. The van der Waals surface area contributed by atoms with Gasteiger partial charge in [0.15, 0.2) is 0 Å². The number of hydrogen-bond acceptors (Lipinski definition) is 1. The maximum absolute atomic E-state index is 6.02. The van der Waals surface area contributed by atoms with E-state index in [0.29, 0.717) is 0 Å². The third-order valence-electron chi connectivity index (χ3n) is 1.90. The quantitative estimate of drug-likeness (QED) is 0.649. The summed E-state index contributed by atoms with van der Waals surface area (Å²) in [6.07, 6.45) is 0. The maximum Gasteiger partial charge on any atom is 0.0488 e. The topological polar surface area (TPSA) is 0 Å². The molecule has 0 saturated carbocycles. The highest BCUT2D eigenvalue weighted by atomic mass is 79.9. The van der Waals surface area contributed by atoms with Crippen molar-refractivity contribution in [3.8, 4) is 0 Å². The first kappa shape index (κ1) is 8.54. The second kappa shape index (κ2) is 3.02. The van der Waals surface area contributed by atoms with E-state index in [4.69, 9.17) is 11.6 Å². The number of halogens is 2. The molecule has 0 aliphatic rings. The Bertz CT molecular complexity index is 433. The second-order valence-corrected chi connectivity index (χ2v) is 4.81. The van der Waals surface area contributed by atoms with Gasteiger partial charge in [-0.3, -0.25) is 0 Å². The summed E-state index contributed by atoms with van der Waals surface area (Å²) < 4.78 is 2.36. The van der Waals surface area contributed by atoms with Crippen LogP contribution in [-0.4, -0.2) is 0 Å². The molecule has 0 N–H and O–H groups in total. The van der Waals surface area contributed by atoms with Gasteiger partial charge >= 0.3 is 0 Å². The van der Waals surface area contributed by atoms with E-state index in [9.17, 15) is 0 Å². The molecule has 2 rings (SSSR count). The third-order valence-corrected chi connectivity index (χ3v) is 4.13. The Labute approximate surface area is 88.3 Å². The zero-order chi connectivity index (χ0) is 8.72. The molecule has 3 heteroatoms. The summed E-state index contributed by atoms with van der Waals surface area (Å²) in [4.78, 5) is 0. The van der Waals surface area contributed by atoms with Crippen molar-refractivity contribution in [3.63, 3.8) is 0 Å². The fraction of sp³-hybridized carbons (Fsp3) is 0.111. The first-order valence-corrected chi connectivity index (χ1v) is 5.57. The van der Waals surface area contributed by atoms with E-state index in [-0.39, 0.29) is 0 Å². The van der Waals surface area contributed by atoms with Crippen molar-refractivity contribution in [2.75, 3.05) is 0 Å². The normalized spacial score (nSPS) is 10.9. The summed E-state index contributed by atoms with van der Waals surface area (Å²) in [5, 5.41) is 4.16. The van der Waals surface area contributed by atoms with Crippen molar-refractivity contribution >= 4 is 49.0 Å². The molecule has 0 radical (unpaired) electrons. The molecule has 1 aromatic heterocycles. The third kappa shape index (κ3) is 1.18. The highest BCUT2D eigenvalue weighted by Gasteiger charge is 2.06. The van der Waals surface area contributed by atoms with Gasteiger partial charge in [-0.1, -0.05) is 11.6 Å². The summed E-state index contributed by atoms with van der Waals surface area (Å²) >= 11 is 11.2. The Balaban J connectivity index is 2.97. The van der Waals surface area contributed by atoms with E-state index in [1.807, 2.05) is 13.0 Å². The molecular formula is C9H6BrClS. The Morgan fingerprint density at radius 3 is 3.00 bits per heavy atom. The molecule has 12 heavy (non-hydrogen) atoms. The van der Waals surface area contributed by atoms with E-state index < -0.39 is 0 Å². The van der Waals surface area contributed by atoms with Crippen LogP contribution in [0, 0.1) is 6.92 Å². The highest BCUT2D eigenvalue weighted by molar-refractivity contribution is 9.10. The highest BCUT2D eigenvalue weighted by Crippen LogP contribution is 2.35. The van der Waals surface area contributed by atoms with Gasteiger partial charge in [-0.05, 0) is 51.3 Å². The zero-order valence-corrected chi connectivity index (χ0v) is 9.55. The van der Waals surface area contributed by atoms with Gasteiger partial charge in [0.1, 0.15) is 0 Å². The summed E-state index contributed by atoms with van der Waals surface area (Å²) in [5.41, 5.74) is 1.16. The molecule has 0 nitrogen and oxygen atoms in total. The van der Waals surface area contributed by atoms with E-state index in [2.05, 4.69) is 27.4 Å². The van der Waals surface area contributed by atoms with E-state index in [1.54, 1.807) is 11.3 Å². The van der Waals surface area contributed by atoms with Gasteiger partial charge in [-0.25, -0.2) is 0 Å². The van der Waals surface area contributed by atoms with Crippen LogP contribution in [0.5, 0.6) is 0 Å². The number of hydrogen-bond donors (Lipinski definition) is 0. The van der Waals surface area contributed by atoms with Crippen LogP contribution in [0.15, 0.2) is 22.0 Å². The minimum Gasteiger partial charge on any atom is -0.143 e. The lowest BCUT2D eigenvalue weighted by molar-refractivity contribution is 1.54. The van der Waals surface area contributed by atoms with E-state index >= 15 is 0 Å². The fourth-order valence-corrected chi connectivity index (χ4v) is 3.13. The van der Waals surface area contributed by atoms with Crippen LogP contribution in [0.1, 0.15) is 5.56 Å². The smallest absolute Gasteiger partial charge is 0.0488 e. The summed E-state index contributed by atoms with van der Waals surface area (Å²) in [7, 11) is 0. The van der Waals surface area contributed by atoms with Crippen LogP contribution in [0.3, 0.4) is 0 Å². The summed E-state index contributed by atoms with van der Waals surface area (Å²) in [5.74, 6) is 0. The van der Waals surface area contributed by atoms with Crippen LogP contribution >= 0.6 is 38.9 Å². The molecule has 0 atom stereocenters.